The summed E-state index contributed by atoms with van der Waals surface area (Å²) in [4.78, 5) is 0. The maximum absolute atomic E-state index is 2.53. The number of benzene rings is 3. The van der Waals surface area contributed by atoms with E-state index in [-0.39, 0.29) is 0 Å². The molecule has 0 aliphatic heterocycles. The molecule has 0 radical (unpaired) electrons. The van der Waals surface area contributed by atoms with Crippen molar-refractivity contribution in [1.82, 2.24) is 0 Å². The quantitative estimate of drug-likeness (QED) is 0.487. The van der Waals surface area contributed by atoms with Crippen LogP contribution in [-0.4, -0.2) is 0 Å². The summed E-state index contributed by atoms with van der Waals surface area (Å²) in [5.41, 5.74) is 3.58. The summed E-state index contributed by atoms with van der Waals surface area (Å²) in [6.45, 7) is 4.80. The molecule has 3 aliphatic rings. The highest BCUT2D eigenvalue weighted by molar-refractivity contribution is 6.09. The third kappa shape index (κ3) is 1.96. The van der Waals surface area contributed by atoms with Crippen molar-refractivity contribution in [2.75, 3.05) is 0 Å². The summed E-state index contributed by atoms with van der Waals surface area (Å²) in [7, 11) is 0. The summed E-state index contributed by atoms with van der Waals surface area (Å²) in [6, 6.07) is 13.9. The van der Waals surface area contributed by atoms with Gasteiger partial charge < -0.3 is 0 Å². The van der Waals surface area contributed by atoms with Crippen molar-refractivity contribution in [3.63, 3.8) is 0 Å². The van der Waals surface area contributed by atoms with Crippen LogP contribution >= 0.6 is 0 Å². The summed E-state index contributed by atoms with van der Waals surface area (Å²) >= 11 is 0. The highest BCUT2D eigenvalue weighted by Gasteiger charge is 2.38. The molecule has 1 spiro atoms. The lowest BCUT2D eigenvalue weighted by Gasteiger charge is -2.22. The Morgan fingerprint density at radius 2 is 1.69 bits per heavy atom. The number of rotatable bonds is 0. The summed E-state index contributed by atoms with van der Waals surface area (Å²) in [5, 5.41) is 8.73. The molecule has 0 N–H and O–H groups in total. The first-order valence-electron chi connectivity index (χ1n) is 9.94. The minimum absolute atomic E-state index is 0.314. The fourth-order valence-electron chi connectivity index (χ4n) is 5.19. The average Bonchev–Trinajstić information content (AvgIpc) is 3.41. The standard InChI is InChI=1S/C26H24/c1-25(2)11-9-21-19-8-4-6-18-16-26(13-14-26)12-10-22(24(18)19)20-7-3-5-17(15-25)23(20)21/h3-10,12,16H,11,13-15H2,1-2H3. The van der Waals surface area contributed by atoms with Crippen LogP contribution in [0.3, 0.4) is 0 Å². The minimum Gasteiger partial charge on any atom is -0.0755 e. The Kier molecular flexibility index (Phi) is 2.66. The second-order valence-corrected chi connectivity index (χ2v) is 9.40. The second-order valence-electron chi connectivity index (χ2n) is 9.40. The van der Waals surface area contributed by atoms with Gasteiger partial charge in [0.1, 0.15) is 0 Å². The zero-order chi connectivity index (χ0) is 17.5. The first-order valence-corrected chi connectivity index (χ1v) is 9.94. The molecule has 0 bridgehead atoms. The lowest BCUT2D eigenvalue weighted by Crippen LogP contribution is -2.13. The predicted molar refractivity (Wildman–Crippen MR) is 112 cm³/mol. The van der Waals surface area contributed by atoms with E-state index in [1.54, 1.807) is 0 Å². The Labute approximate surface area is 154 Å². The van der Waals surface area contributed by atoms with Crippen LogP contribution < -0.4 is 10.4 Å². The van der Waals surface area contributed by atoms with E-state index >= 15 is 0 Å². The van der Waals surface area contributed by atoms with Crippen LogP contribution in [0.5, 0.6) is 0 Å². The van der Waals surface area contributed by atoms with E-state index in [0.29, 0.717) is 10.8 Å². The van der Waals surface area contributed by atoms with E-state index in [4.69, 9.17) is 0 Å². The van der Waals surface area contributed by atoms with Gasteiger partial charge in [0.25, 0.3) is 0 Å². The highest BCUT2D eigenvalue weighted by atomic mass is 14.4. The number of allylic oxidation sites excluding steroid dienone is 1. The summed E-state index contributed by atoms with van der Waals surface area (Å²) in [6.07, 6.45) is 14.8. The first-order chi connectivity index (χ1) is 12.6. The van der Waals surface area contributed by atoms with Crippen LogP contribution in [0.15, 0.2) is 42.5 Å². The van der Waals surface area contributed by atoms with Crippen molar-refractivity contribution in [3.05, 3.63) is 64.0 Å². The molecule has 26 heavy (non-hydrogen) atoms. The Bertz CT molecular complexity index is 1250. The number of fused-ring (bicyclic) bond motifs is 2. The molecule has 0 heterocycles. The van der Waals surface area contributed by atoms with Crippen molar-refractivity contribution in [2.45, 2.75) is 39.5 Å². The van der Waals surface area contributed by atoms with E-state index in [2.05, 4.69) is 74.5 Å². The number of hydrogen-bond donors (Lipinski definition) is 0. The molecule has 0 saturated heterocycles. The second kappa shape index (κ2) is 4.68. The first kappa shape index (κ1) is 14.8. The number of hydrogen-bond acceptors (Lipinski definition) is 0. The molecule has 3 aromatic rings. The van der Waals surface area contributed by atoms with Gasteiger partial charge in [0.15, 0.2) is 0 Å². The van der Waals surface area contributed by atoms with E-state index in [1.807, 2.05) is 0 Å². The van der Waals surface area contributed by atoms with Gasteiger partial charge in [-0.1, -0.05) is 74.5 Å². The van der Waals surface area contributed by atoms with Gasteiger partial charge >= 0.3 is 0 Å². The largest absolute Gasteiger partial charge is 0.0755 e. The molecule has 3 aliphatic carbocycles. The molecule has 1 fully saturated rings. The molecule has 128 valence electrons. The molecule has 1 saturated carbocycles. The van der Waals surface area contributed by atoms with Gasteiger partial charge in [-0.3, -0.25) is 0 Å². The minimum atomic E-state index is 0.314. The van der Waals surface area contributed by atoms with E-state index in [0.717, 1.165) is 12.8 Å². The Morgan fingerprint density at radius 3 is 2.54 bits per heavy atom. The predicted octanol–water partition coefficient (Wildman–Crippen LogP) is 5.33. The molecule has 0 unspecified atom stereocenters. The van der Waals surface area contributed by atoms with Crippen LogP contribution in [0, 0.1) is 10.8 Å². The van der Waals surface area contributed by atoms with Gasteiger partial charge in [0, 0.05) is 5.41 Å². The third-order valence-corrected chi connectivity index (χ3v) is 6.75. The van der Waals surface area contributed by atoms with E-state index in [9.17, 15) is 0 Å². The Balaban J connectivity index is 1.90. The van der Waals surface area contributed by atoms with Crippen LogP contribution in [0.4, 0.5) is 0 Å². The SMILES string of the molecule is CC1(C)CC=c2c3cccc4c3c(c3cccc(c23)C1)C=CC1(C=4)CC1. The van der Waals surface area contributed by atoms with Gasteiger partial charge in [-0.25, -0.2) is 0 Å². The molecular formula is C26H24. The smallest absolute Gasteiger partial charge is 0.00743 e. The normalized spacial score (nSPS) is 21.2. The van der Waals surface area contributed by atoms with E-state index < -0.39 is 0 Å². The van der Waals surface area contributed by atoms with Gasteiger partial charge in [0.2, 0.25) is 0 Å². The van der Waals surface area contributed by atoms with Crippen molar-refractivity contribution in [1.29, 1.82) is 0 Å². The van der Waals surface area contributed by atoms with Crippen LogP contribution in [0.25, 0.3) is 39.8 Å². The monoisotopic (exact) mass is 336 g/mol. The zero-order valence-electron chi connectivity index (χ0n) is 15.6. The maximum atomic E-state index is 2.53. The Morgan fingerprint density at radius 1 is 0.885 bits per heavy atom. The summed E-state index contributed by atoms with van der Waals surface area (Å²) in [5.74, 6) is 0. The fraction of sp³-hybridized carbons (Fsp3) is 0.308. The van der Waals surface area contributed by atoms with Crippen LogP contribution in [-0.2, 0) is 6.42 Å². The highest BCUT2D eigenvalue weighted by Crippen LogP contribution is 2.50. The third-order valence-electron chi connectivity index (χ3n) is 6.75. The van der Waals surface area contributed by atoms with Crippen LogP contribution in [0.1, 0.15) is 44.2 Å². The van der Waals surface area contributed by atoms with Gasteiger partial charge in [-0.2, -0.15) is 0 Å². The van der Waals surface area contributed by atoms with Gasteiger partial charge in [0.05, 0.1) is 0 Å². The van der Waals surface area contributed by atoms with Crippen molar-refractivity contribution in [3.8, 4) is 0 Å². The van der Waals surface area contributed by atoms with Gasteiger partial charge in [-0.05, 0) is 74.2 Å². The molecule has 0 heteroatoms. The topological polar surface area (TPSA) is 0 Å². The molecule has 0 nitrogen and oxygen atoms in total. The molecule has 0 atom stereocenters. The summed E-state index contributed by atoms with van der Waals surface area (Å²) < 4.78 is 0. The lowest BCUT2D eigenvalue weighted by atomic mass is 9.83. The zero-order valence-corrected chi connectivity index (χ0v) is 15.6. The average molecular weight is 336 g/mol. The van der Waals surface area contributed by atoms with Crippen molar-refractivity contribution in [2.24, 2.45) is 10.8 Å². The molecular weight excluding hydrogens is 312 g/mol. The van der Waals surface area contributed by atoms with E-state index in [1.165, 1.54) is 56.0 Å². The molecule has 0 amide bonds. The molecule has 3 aromatic carbocycles. The van der Waals surface area contributed by atoms with Crippen LogP contribution in [0.2, 0.25) is 0 Å². The molecule has 0 aromatic heterocycles. The van der Waals surface area contributed by atoms with Crippen molar-refractivity contribution < 1.29 is 0 Å². The Hall–Kier alpha value is -2.34. The maximum Gasteiger partial charge on any atom is 0.00743 e. The molecule has 6 rings (SSSR count). The van der Waals surface area contributed by atoms with Gasteiger partial charge in [-0.15, -0.1) is 0 Å². The fourth-order valence-corrected chi connectivity index (χ4v) is 5.19. The lowest BCUT2D eigenvalue weighted by molar-refractivity contribution is 0.381. The van der Waals surface area contributed by atoms with Crippen molar-refractivity contribution >= 4 is 39.8 Å².